The smallest absolute Gasteiger partial charge is 0.231 e. The van der Waals surface area contributed by atoms with Gasteiger partial charge in [-0.3, -0.25) is 4.99 Å². The number of hydrogen-bond acceptors (Lipinski definition) is 5. The van der Waals surface area contributed by atoms with Crippen molar-refractivity contribution in [1.29, 1.82) is 0 Å². The summed E-state index contributed by atoms with van der Waals surface area (Å²) in [5.41, 5.74) is 5.24. The molecule has 2 aromatic carbocycles. The van der Waals surface area contributed by atoms with E-state index in [1.165, 1.54) is 16.9 Å². The van der Waals surface area contributed by atoms with Crippen molar-refractivity contribution in [2.75, 3.05) is 5.32 Å². The summed E-state index contributed by atoms with van der Waals surface area (Å²) in [6.07, 6.45) is 4.69. The summed E-state index contributed by atoms with van der Waals surface area (Å²) in [6.45, 7) is 2.12. The first kappa shape index (κ1) is 15.6. The van der Waals surface area contributed by atoms with E-state index in [9.17, 15) is 5.11 Å². The highest BCUT2D eigenvalue weighted by molar-refractivity contribution is 7.16. The van der Waals surface area contributed by atoms with E-state index in [2.05, 4.69) is 28.3 Å². The highest BCUT2D eigenvalue weighted by atomic mass is 32.1. The van der Waals surface area contributed by atoms with E-state index >= 15 is 0 Å². The molecule has 0 saturated carbocycles. The lowest BCUT2D eigenvalue weighted by Gasteiger charge is -2.07. The largest absolute Gasteiger partial charge is 0.492 e. The molecule has 1 aliphatic heterocycles. The van der Waals surface area contributed by atoms with Gasteiger partial charge < -0.3 is 10.4 Å². The SMILES string of the molecule is CCc1ccccc1Nc1nc(O)c(/C=C2\C=Nc3ccccc32)s1. The number of fused-ring (bicyclic) bond motifs is 1. The molecule has 124 valence electrons. The summed E-state index contributed by atoms with van der Waals surface area (Å²) < 4.78 is 0. The summed E-state index contributed by atoms with van der Waals surface area (Å²) in [7, 11) is 0. The molecule has 3 aromatic rings. The van der Waals surface area contributed by atoms with Crippen LogP contribution in [-0.4, -0.2) is 16.3 Å². The summed E-state index contributed by atoms with van der Waals surface area (Å²) >= 11 is 1.42. The maximum atomic E-state index is 10.2. The standard InChI is InChI=1S/C20H17N3OS/c1-2-13-7-3-5-9-16(13)22-20-23-19(24)18(25-20)11-14-12-21-17-10-6-4-8-15(14)17/h3-12,24H,2H2,1H3,(H,22,23)/b14-11+. The summed E-state index contributed by atoms with van der Waals surface area (Å²) in [4.78, 5) is 9.37. The molecule has 0 unspecified atom stereocenters. The van der Waals surface area contributed by atoms with Crippen LogP contribution in [-0.2, 0) is 6.42 Å². The Kier molecular flexibility index (Phi) is 4.07. The van der Waals surface area contributed by atoms with Gasteiger partial charge in [0.2, 0.25) is 5.88 Å². The van der Waals surface area contributed by atoms with Crippen LogP contribution in [0.4, 0.5) is 16.5 Å². The zero-order chi connectivity index (χ0) is 17.2. The summed E-state index contributed by atoms with van der Waals surface area (Å²) in [5.74, 6) is 0.0340. The summed E-state index contributed by atoms with van der Waals surface area (Å²) in [5, 5.41) is 14.2. The second-order valence-electron chi connectivity index (χ2n) is 5.72. The Bertz CT molecular complexity index is 988. The summed E-state index contributed by atoms with van der Waals surface area (Å²) in [6, 6.07) is 16.1. The maximum absolute atomic E-state index is 10.2. The van der Waals surface area contributed by atoms with Gasteiger partial charge in [-0.2, -0.15) is 4.98 Å². The Balaban J connectivity index is 1.64. The van der Waals surface area contributed by atoms with Crippen molar-refractivity contribution in [2.24, 2.45) is 4.99 Å². The van der Waals surface area contributed by atoms with Gasteiger partial charge in [0.05, 0.1) is 10.6 Å². The number of aliphatic imine (C=N–C) groups is 1. The zero-order valence-corrected chi connectivity index (χ0v) is 14.5. The molecule has 0 amide bonds. The number of aromatic nitrogens is 1. The number of hydrogen-bond donors (Lipinski definition) is 2. The molecule has 0 aliphatic carbocycles. The molecule has 1 aliphatic rings. The van der Waals surface area contributed by atoms with E-state index in [1.54, 1.807) is 0 Å². The third-order valence-corrected chi connectivity index (χ3v) is 5.03. The van der Waals surface area contributed by atoms with E-state index < -0.39 is 0 Å². The van der Waals surface area contributed by atoms with Gasteiger partial charge in [-0.1, -0.05) is 54.7 Å². The molecule has 4 rings (SSSR count). The topological polar surface area (TPSA) is 57.5 Å². The molecule has 4 nitrogen and oxygen atoms in total. The average molecular weight is 347 g/mol. The zero-order valence-electron chi connectivity index (χ0n) is 13.7. The lowest BCUT2D eigenvalue weighted by molar-refractivity contribution is 0.457. The maximum Gasteiger partial charge on any atom is 0.231 e. The minimum absolute atomic E-state index is 0.0340. The fraction of sp³-hybridized carbons (Fsp3) is 0.100. The van der Waals surface area contributed by atoms with Crippen LogP contribution in [0.15, 0.2) is 53.5 Å². The highest BCUT2D eigenvalue weighted by Crippen LogP contribution is 2.37. The van der Waals surface area contributed by atoms with Crippen LogP contribution in [0.3, 0.4) is 0 Å². The van der Waals surface area contributed by atoms with Crippen LogP contribution in [0.2, 0.25) is 0 Å². The molecule has 0 bridgehead atoms. The molecule has 1 aromatic heterocycles. The molecular weight excluding hydrogens is 330 g/mol. The molecule has 0 atom stereocenters. The van der Waals surface area contributed by atoms with E-state index in [-0.39, 0.29) is 5.88 Å². The monoisotopic (exact) mass is 347 g/mol. The van der Waals surface area contributed by atoms with Gasteiger partial charge in [0.15, 0.2) is 5.13 Å². The second kappa shape index (κ2) is 6.53. The third kappa shape index (κ3) is 3.06. The van der Waals surface area contributed by atoms with Gasteiger partial charge in [-0.05, 0) is 30.2 Å². The van der Waals surface area contributed by atoms with Crippen molar-refractivity contribution >= 4 is 45.7 Å². The lowest BCUT2D eigenvalue weighted by atomic mass is 10.1. The van der Waals surface area contributed by atoms with Crippen molar-refractivity contribution in [3.8, 4) is 5.88 Å². The molecule has 0 radical (unpaired) electrons. The van der Waals surface area contributed by atoms with Gasteiger partial charge >= 0.3 is 0 Å². The van der Waals surface area contributed by atoms with E-state index in [4.69, 9.17) is 0 Å². The van der Waals surface area contributed by atoms with Crippen molar-refractivity contribution in [2.45, 2.75) is 13.3 Å². The van der Waals surface area contributed by atoms with Gasteiger partial charge in [0, 0.05) is 23.0 Å². The number of thiazole rings is 1. The molecule has 2 N–H and O–H groups in total. The fourth-order valence-corrected chi connectivity index (χ4v) is 3.66. The molecule has 0 spiro atoms. The van der Waals surface area contributed by atoms with E-state index in [1.807, 2.05) is 54.8 Å². The number of allylic oxidation sites excluding steroid dienone is 1. The Morgan fingerprint density at radius 1 is 1.12 bits per heavy atom. The van der Waals surface area contributed by atoms with Crippen LogP contribution in [0.1, 0.15) is 22.9 Å². The van der Waals surface area contributed by atoms with E-state index in [0.717, 1.165) is 33.8 Å². The first-order chi connectivity index (χ1) is 12.2. The number of aryl methyl sites for hydroxylation is 1. The Morgan fingerprint density at radius 3 is 2.80 bits per heavy atom. The quantitative estimate of drug-likeness (QED) is 0.663. The molecule has 0 fully saturated rings. The third-order valence-electron chi connectivity index (χ3n) is 4.12. The van der Waals surface area contributed by atoms with Crippen LogP contribution in [0, 0.1) is 0 Å². The first-order valence-corrected chi connectivity index (χ1v) is 8.96. The number of nitrogens with zero attached hydrogens (tertiary/aromatic N) is 2. The number of anilines is 2. The highest BCUT2D eigenvalue weighted by Gasteiger charge is 2.15. The van der Waals surface area contributed by atoms with Gasteiger partial charge in [-0.15, -0.1) is 0 Å². The molecular formula is C20H17N3OS. The van der Waals surface area contributed by atoms with Crippen LogP contribution < -0.4 is 5.32 Å². The molecule has 5 heteroatoms. The number of benzene rings is 2. The fourth-order valence-electron chi connectivity index (χ4n) is 2.83. The van der Waals surface area contributed by atoms with Gasteiger partial charge in [0.25, 0.3) is 0 Å². The Hall–Kier alpha value is -2.92. The van der Waals surface area contributed by atoms with Crippen LogP contribution in [0.25, 0.3) is 11.6 Å². The minimum Gasteiger partial charge on any atom is -0.492 e. The predicted octanol–water partition coefficient (Wildman–Crippen LogP) is 5.41. The number of nitrogens with one attached hydrogen (secondary N) is 1. The number of para-hydroxylation sites is 2. The predicted molar refractivity (Wildman–Crippen MR) is 105 cm³/mol. The van der Waals surface area contributed by atoms with Crippen molar-refractivity contribution in [3.63, 3.8) is 0 Å². The normalized spacial score (nSPS) is 14.0. The minimum atomic E-state index is 0.0340. The number of rotatable bonds is 4. The number of aromatic hydroxyl groups is 1. The average Bonchev–Trinajstić information content (AvgIpc) is 3.20. The van der Waals surface area contributed by atoms with Crippen LogP contribution in [0.5, 0.6) is 5.88 Å². The Morgan fingerprint density at radius 2 is 1.92 bits per heavy atom. The van der Waals surface area contributed by atoms with Gasteiger partial charge in [-0.25, -0.2) is 0 Å². The lowest BCUT2D eigenvalue weighted by Crippen LogP contribution is -1.93. The van der Waals surface area contributed by atoms with Crippen molar-refractivity contribution < 1.29 is 5.11 Å². The van der Waals surface area contributed by atoms with Crippen molar-refractivity contribution in [1.82, 2.24) is 4.98 Å². The van der Waals surface area contributed by atoms with Crippen molar-refractivity contribution in [3.05, 3.63) is 64.5 Å². The second-order valence-corrected chi connectivity index (χ2v) is 6.75. The Labute approximate surface area is 150 Å². The van der Waals surface area contributed by atoms with Crippen LogP contribution >= 0.6 is 11.3 Å². The van der Waals surface area contributed by atoms with E-state index in [0.29, 0.717) is 5.13 Å². The molecule has 2 heterocycles. The molecule has 25 heavy (non-hydrogen) atoms. The van der Waals surface area contributed by atoms with Gasteiger partial charge in [0.1, 0.15) is 0 Å². The first-order valence-electron chi connectivity index (χ1n) is 8.14. The molecule has 0 saturated heterocycles.